The number of rotatable bonds is 3. The fourth-order valence-electron chi connectivity index (χ4n) is 3.14. The Hall–Kier alpha value is -2.74. The average Bonchev–Trinajstić information content (AvgIpc) is 3.12. The van der Waals surface area contributed by atoms with Gasteiger partial charge in [-0.1, -0.05) is 0 Å². The summed E-state index contributed by atoms with van der Waals surface area (Å²) in [5.74, 6) is 1.27. The normalized spacial score (nSPS) is 17.6. The van der Waals surface area contributed by atoms with Gasteiger partial charge in [0.05, 0.1) is 23.2 Å². The lowest BCUT2D eigenvalue weighted by molar-refractivity contribution is -0.120. The van der Waals surface area contributed by atoms with Crippen molar-refractivity contribution in [2.45, 2.75) is 12.8 Å². The Labute approximate surface area is 148 Å². The van der Waals surface area contributed by atoms with Crippen molar-refractivity contribution in [3.05, 3.63) is 36.1 Å². The first-order chi connectivity index (χ1) is 12.2. The number of hydrogen-bond acceptors (Lipinski definition) is 7. The molecular formula is C17H18N6OS. The molecule has 8 heteroatoms. The first kappa shape index (κ1) is 15.8. The summed E-state index contributed by atoms with van der Waals surface area (Å²) in [6.45, 7) is 1.55. The van der Waals surface area contributed by atoms with Gasteiger partial charge in [0.1, 0.15) is 22.8 Å². The van der Waals surface area contributed by atoms with Crippen molar-refractivity contribution in [3.63, 3.8) is 0 Å². The zero-order valence-corrected chi connectivity index (χ0v) is 14.4. The molecule has 1 aliphatic heterocycles. The third-order valence-electron chi connectivity index (χ3n) is 4.39. The third-order valence-corrected chi connectivity index (χ3v) is 5.21. The monoisotopic (exact) mass is 354 g/mol. The van der Waals surface area contributed by atoms with Gasteiger partial charge < -0.3 is 16.0 Å². The highest BCUT2D eigenvalue weighted by Crippen LogP contribution is 2.30. The van der Waals surface area contributed by atoms with E-state index in [1.807, 2.05) is 11.4 Å². The molecule has 0 aromatic carbocycles. The van der Waals surface area contributed by atoms with E-state index in [1.165, 1.54) is 0 Å². The van der Waals surface area contributed by atoms with Crippen LogP contribution in [0.4, 0.5) is 17.3 Å². The fraction of sp³-hybridized carbons (Fsp3) is 0.294. The minimum atomic E-state index is -0.0880. The summed E-state index contributed by atoms with van der Waals surface area (Å²) < 4.78 is 0. The van der Waals surface area contributed by atoms with Crippen molar-refractivity contribution in [2.75, 3.05) is 29.0 Å². The van der Waals surface area contributed by atoms with E-state index in [0.29, 0.717) is 18.1 Å². The molecule has 7 nitrogen and oxygen atoms in total. The molecule has 128 valence electrons. The molecule has 0 radical (unpaired) electrons. The van der Waals surface area contributed by atoms with Gasteiger partial charge in [0.15, 0.2) is 0 Å². The lowest BCUT2D eigenvalue weighted by atomic mass is 9.97. The van der Waals surface area contributed by atoms with Crippen molar-refractivity contribution in [2.24, 2.45) is 5.92 Å². The van der Waals surface area contributed by atoms with E-state index in [9.17, 15) is 4.79 Å². The summed E-state index contributed by atoms with van der Waals surface area (Å²) in [5, 5.41) is 6.00. The molecule has 1 fully saturated rings. The molecule has 4 heterocycles. The van der Waals surface area contributed by atoms with Crippen LogP contribution in [0.2, 0.25) is 0 Å². The van der Waals surface area contributed by atoms with E-state index in [-0.39, 0.29) is 11.8 Å². The molecule has 3 aromatic rings. The number of pyridine rings is 1. The minimum absolute atomic E-state index is 0.00638. The summed E-state index contributed by atoms with van der Waals surface area (Å²) in [4.78, 5) is 28.5. The quantitative estimate of drug-likeness (QED) is 0.750. The van der Waals surface area contributed by atoms with E-state index < -0.39 is 0 Å². The molecule has 1 aliphatic rings. The Morgan fingerprint density at radius 1 is 1.28 bits per heavy atom. The molecule has 3 aromatic heterocycles. The molecule has 1 amide bonds. The fourth-order valence-corrected chi connectivity index (χ4v) is 3.86. The van der Waals surface area contributed by atoms with Crippen molar-refractivity contribution >= 4 is 44.8 Å². The Morgan fingerprint density at radius 2 is 2.20 bits per heavy atom. The zero-order chi connectivity index (χ0) is 17.2. The van der Waals surface area contributed by atoms with Crippen LogP contribution >= 0.6 is 11.3 Å². The number of nitrogen functional groups attached to an aromatic ring is 1. The highest BCUT2D eigenvalue weighted by molar-refractivity contribution is 7.16. The highest BCUT2D eigenvalue weighted by Gasteiger charge is 2.27. The number of thiophene rings is 1. The van der Waals surface area contributed by atoms with E-state index >= 15 is 0 Å². The van der Waals surface area contributed by atoms with Crippen LogP contribution in [0.3, 0.4) is 0 Å². The first-order valence-corrected chi connectivity index (χ1v) is 9.04. The smallest absolute Gasteiger partial charge is 0.229 e. The van der Waals surface area contributed by atoms with Gasteiger partial charge in [-0.2, -0.15) is 0 Å². The Bertz CT molecular complexity index is 894. The molecule has 1 saturated heterocycles. The first-order valence-electron chi connectivity index (χ1n) is 8.16. The average molecular weight is 354 g/mol. The Balaban J connectivity index is 1.50. The Kier molecular flexibility index (Phi) is 4.19. The van der Waals surface area contributed by atoms with E-state index in [4.69, 9.17) is 5.73 Å². The van der Waals surface area contributed by atoms with Gasteiger partial charge in [-0.05, 0) is 36.4 Å². The molecule has 25 heavy (non-hydrogen) atoms. The third kappa shape index (κ3) is 3.25. The van der Waals surface area contributed by atoms with Crippen LogP contribution in [0.15, 0.2) is 36.1 Å². The minimum Gasteiger partial charge on any atom is -0.384 e. The standard InChI is InChI=1S/C17H18N6OS/c18-14-4-3-12(8-19-14)22-16(24)11-2-1-6-23(9-11)15-13-5-7-25-17(13)21-10-20-15/h3-5,7-8,10-11H,1-2,6,9H2,(H2,18,19)(H,22,24). The highest BCUT2D eigenvalue weighted by atomic mass is 32.1. The summed E-state index contributed by atoms with van der Waals surface area (Å²) in [7, 11) is 0. The van der Waals surface area contributed by atoms with Crippen LogP contribution in [-0.2, 0) is 4.79 Å². The number of nitrogens with one attached hydrogen (secondary N) is 1. The number of fused-ring (bicyclic) bond motifs is 1. The topological polar surface area (TPSA) is 97.0 Å². The van der Waals surface area contributed by atoms with Crippen molar-refractivity contribution in [1.29, 1.82) is 0 Å². The van der Waals surface area contributed by atoms with E-state index in [1.54, 1.807) is 36.0 Å². The summed E-state index contributed by atoms with van der Waals surface area (Å²) in [6, 6.07) is 5.48. The molecule has 1 atom stereocenters. The molecule has 0 bridgehead atoms. The predicted octanol–water partition coefficient (Wildman–Crippen LogP) is 2.52. The number of hydrogen-bond donors (Lipinski definition) is 2. The summed E-state index contributed by atoms with van der Waals surface area (Å²) in [6.07, 6.45) is 4.99. The second-order valence-corrected chi connectivity index (χ2v) is 6.98. The SMILES string of the molecule is Nc1ccc(NC(=O)C2CCCN(c3ncnc4sccc34)C2)cn1. The molecular weight excluding hydrogens is 336 g/mol. The van der Waals surface area contributed by atoms with Gasteiger partial charge in [0, 0.05) is 13.1 Å². The second-order valence-electron chi connectivity index (χ2n) is 6.08. The van der Waals surface area contributed by atoms with Gasteiger partial charge >= 0.3 is 0 Å². The maximum Gasteiger partial charge on any atom is 0.229 e. The number of carbonyl (C=O) groups excluding carboxylic acids is 1. The van der Waals surface area contributed by atoms with E-state index in [0.717, 1.165) is 35.4 Å². The largest absolute Gasteiger partial charge is 0.384 e. The number of nitrogens with zero attached hydrogens (tertiary/aromatic N) is 4. The van der Waals surface area contributed by atoms with Crippen LogP contribution in [-0.4, -0.2) is 33.9 Å². The lowest BCUT2D eigenvalue weighted by Crippen LogP contribution is -2.41. The van der Waals surface area contributed by atoms with E-state index in [2.05, 4.69) is 25.2 Å². The van der Waals surface area contributed by atoms with Crippen LogP contribution < -0.4 is 16.0 Å². The second kappa shape index (κ2) is 6.64. The van der Waals surface area contributed by atoms with Crippen molar-refractivity contribution < 1.29 is 4.79 Å². The van der Waals surface area contributed by atoms with Crippen molar-refractivity contribution in [3.8, 4) is 0 Å². The molecule has 3 N–H and O–H groups in total. The van der Waals surface area contributed by atoms with Crippen LogP contribution in [0.5, 0.6) is 0 Å². The van der Waals surface area contributed by atoms with Crippen molar-refractivity contribution in [1.82, 2.24) is 15.0 Å². The lowest BCUT2D eigenvalue weighted by Gasteiger charge is -2.33. The molecule has 0 spiro atoms. The molecule has 1 unspecified atom stereocenters. The number of aromatic nitrogens is 3. The zero-order valence-electron chi connectivity index (χ0n) is 13.6. The van der Waals surface area contributed by atoms with Gasteiger partial charge in [0.2, 0.25) is 5.91 Å². The molecule has 0 saturated carbocycles. The van der Waals surface area contributed by atoms with Gasteiger partial charge in [0.25, 0.3) is 0 Å². The maximum atomic E-state index is 12.6. The van der Waals surface area contributed by atoms with Gasteiger partial charge in [-0.15, -0.1) is 11.3 Å². The van der Waals surface area contributed by atoms with Gasteiger partial charge in [-0.25, -0.2) is 15.0 Å². The summed E-state index contributed by atoms with van der Waals surface area (Å²) >= 11 is 1.60. The number of nitrogens with two attached hydrogens (primary N) is 1. The maximum absolute atomic E-state index is 12.6. The van der Waals surface area contributed by atoms with Gasteiger partial charge in [-0.3, -0.25) is 4.79 Å². The Morgan fingerprint density at radius 3 is 3.04 bits per heavy atom. The number of amides is 1. The number of carbonyl (C=O) groups is 1. The predicted molar refractivity (Wildman–Crippen MR) is 99.6 cm³/mol. The number of anilines is 3. The summed E-state index contributed by atoms with van der Waals surface area (Å²) in [5.41, 5.74) is 6.24. The molecule has 4 rings (SSSR count). The van der Waals surface area contributed by atoms with Crippen LogP contribution in [0.1, 0.15) is 12.8 Å². The van der Waals surface area contributed by atoms with Crippen LogP contribution in [0.25, 0.3) is 10.2 Å². The molecule has 0 aliphatic carbocycles. The number of piperidine rings is 1. The van der Waals surface area contributed by atoms with Crippen LogP contribution in [0, 0.1) is 5.92 Å².